The van der Waals surface area contributed by atoms with E-state index in [0.717, 1.165) is 12.8 Å². The van der Waals surface area contributed by atoms with Gasteiger partial charge in [-0.1, -0.05) is 12.8 Å². The number of isocyanates is 1. The van der Waals surface area contributed by atoms with Crippen LogP contribution >= 0.6 is 0 Å². The monoisotopic (exact) mass is 258 g/mol. The molecule has 1 aliphatic rings. The molecule has 98 valence electrons. The van der Waals surface area contributed by atoms with Crippen LogP contribution in [0.4, 0.5) is 0 Å². The van der Waals surface area contributed by atoms with Crippen molar-refractivity contribution in [2.24, 2.45) is 4.99 Å². The first-order valence-electron chi connectivity index (χ1n) is 6.07. The minimum atomic E-state index is -0.674. The van der Waals surface area contributed by atoms with E-state index in [4.69, 9.17) is 10.00 Å². The lowest BCUT2D eigenvalue weighted by atomic mass is 9.87. The maximum atomic E-state index is 10.7. The van der Waals surface area contributed by atoms with Crippen LogP contribution in [0.15, 0.2) is 17.1 Å². The molecule has 1 aromatic rings. The van der Waals surface area contributed by atoms with Gasteiger partial charge in [0.15, 0.2) is 0 Å². The summed E-state index contributed by atoms with van der Waals surface area (Å²) >= 11 is 0. The molecule has 0 saturated heterocycles. The molecule has 0 bridgehead atoms. The van der Waals surface area contributed by atoms with Gasteiger partial charge in [0.25, 0.3) is 0 Å². The number of rotatable bonds is 3. The molecule has 2 rings (SSSR count). The molecule has 0 aliphatic heterocycles. The fourth-order valence-corrected chi connectivity index (χ4v) is 2.68. The summed E-state index contributed by atoms with van der Waals surface area (Å²) in [6.45, 7) is 0. The van der Waals surface area contributed by atoms with E-state index in [1.165, 1.54) is 13.2 Å². The number of ether oxygens (including phenoxy) is 1. The third kappa shape index (κ3) is 2.18. The molecule has 0 unspecified atom stereocenters. The Bertz CT molecular complexity index is 577. The Kier molecular flexibility index (Phi) is 3.55. The third-order valence-corrected chi connectivity index (χ3v) is 3.63. The molecule has 5 nitrogen and oxygen atoms in total. The number of aromatic hydroxyl groups is 1. The minimum absolute atomic E-state index is 0.133. The Morgan fingerprint density at radius 1 is 1.42 bits per heavy atom. The molecule has 0 spiro atoms. The number of phenolic OH excluding ortho intramolecular Hbond substituents is 1. The summed E-state index contributed by atoms with van der Waals surface area (Å²) in [5, 5.41) is 18.7. The van der Waals surface area contributed by atoms with Gasteiger partial charge in [-0.2, -0.15) is 10.3 Å². The molecule has 0 aromatic heterocycles. The first kappa shape index (κ1) is 13.1. The maximum Gasteiger partial charge on any atom is 0.235 e. The van der Waals surface area contributed by atoms with Gasteiger partial charge in [0.1, 0.15) is 23.1 Å². The summed E-state index contributed by atoms with van der Waals surface area (Å²) in [5.74, 6) is 0.309. The Morgan fingerprint density at radius 2 is 2.11 bits per heavy atom. The maximum absolute atomic E-state index is 10.7. The summed E-state index contributed by atoms with van der Waals surface area (Å²) in [4.78, 5) is 14.7. The summed E-state index contributed by atoms with van der Waals surface area (Å²) in [6.07, 6.45) is 4.97. The quantitative estimate of drug-likeness (QED) is 0.666. The number of phenols is 1. The van der Waals surface area contributed by atoms with E-state index < -0.39 is 5.54 Å². The molecule has 0 atom stereocenters. The number of aliphatic imine (C=N–C) groups is 1. The van der Waals surface area contributed by atoms with E-state index >= 15 is 0 Å². The van der Waals surface area contributed by atoms with Crippen LogP contribution in [0.3, 0.4) is 0 Å². The van der Waals surface area contributed by atoms with Gasteiger partial charge in [0.05, 0.1) is 12.7 Å². The molecule has 5 heteroatoms. The van der Waals surface area contributed by atoms with Gasteiger partial charge in [0.2, 0.25) is 6.08 Å². The van der Waals surface area contributed by atoms with Crippen LogP contribution in [-0.4, -0.2) is 18.3 Å². The van der Waals surface area contributed by atoms with E-state index in [1.54, 1.807) is 12.1 Å². The van der Waals surface area contributed by atoms with E-state index in [9.17, 15) is 9.90 Å². The summed E-state index contributed by atoms with van der Waals surface area (Å²) in [6, 6.07) is 4.88. The van der Waals surface area contributed by atoms with Crippen molar-refractivity contribution < 1.29 is 14.6 Å². The molecule has 1 aromatic carbocycles. The number of benzene rings is 1. The highest BCUT2D eigenvalue weighted by molar-refractivity contribution is 5.54. The second-order valence-electron chi connectivity index (χ2n) is 4.62. The molecule has 0 amide bonds. The largest absolute Gasteiger partial charge is 0.506 e. The van der Waals surface area contributed by atoms with Crippen LogP contribution < -0.4 is 4.74 Å². The number of nitrogens with zero attached hydrogens (tertiary/aromatic N) is 2. The highest BCUT2D eigenvalue weighted by atomic mass is 16.5. The average Bonchev–Trinajstić information content (AvgIpc) is 2.88. The van der Waals surface area contributed by atoms with Crippen LogP contribution in [0.1, 0.15) is 36.8 Å². The van der Waals surface area contributed by atoms with Crippen molar-refractivity contribution in [3.05, 3.63) is 23.3 Å². The molecule has 0 radical (unpaired) electrons. The normalized spacial score (nSPS) is 16.4. The summed E-state index contributed by atoms with van der Waals surface area (Å²) < 4.78 is 5.25. The zero-order chi connectivity index (χ0) is 13.9. The predicted octanol–water partition coefficient (Wildman–Crippen LogP) is 2.38. The van der Waals surface area contributed by atoms with Crippen molar-refractivity contribution in [3.63, 3.8) is 0 Å². The molecule has 1 saturated carbocycles. The fourth-order valence-electron chi connectivity index (χ4n) is 2.68. The Balaban J connectivity index is 2.65. The van der Waals surface area contributed by atoms with Crippen LogP contribution in [0.25, 0.3) is 0 Å². The van der Waals surface area contributed by atoms with Crippen molar-refractivity contribution in [1.29, 1.82) is 5.26 Å². The Morgan fingerprint density at radius 3 is 2.63 bits per heavy atom. The highest BCUT2D eigenvalue weighted by Crippen LogP contribution is 2.47. The van der Waals surface area contributed by atoms with Crippen molar-refractivity contribution in [2.75, 3.05) is 7.11 Å². The van der Waals surface area contributed by atoms with Crippen molar-refractivity contribution in [2.45, 2.75) is 31.2 Å². The molecular formula is C14H14N2O3. The summed E-state index contributed by atoms with van der Waals surface area (Å²) in [7, 11) is 1.48. The van der Waals surface area contributed by atoms with E-state index in [2.05, 4.69) is 4.99 Å². The third-order valence-electron chi connectivity index (χ3n) is 3.63. The first-order chi connectivity index (χ1) is 9.16. The standard InChI is InChI=1S/C14H14N2O3/c1-19-13-7-12(18)10(8-15)6-11(13)14(16-9-17)4-2-3-5-14/h6-7,18H,2-5H2,1H3. The summed E-state index contributed by atoms with van der Waals surface area (Å²) in [5.41, 5.74) is 0.153. The van der Waals surface area contributed by atoms with Gasteiger partial charge in [-0.3, -0.25) is 0 Å². The van der Waals surface area contributed by atoms with Crippen LogP contribution in [0.5, 0.6) is 11.5 Å². The second kappa shape index (κ2) is 5.13. The van der Waals surface area contributed by atoms with E-state index in [1.807, 2.05) is 6.07 Å². The van der Waals surface area contributed by atoms with Gasteiger partial charge in [0, 0.05) is 11.6 Å². The molecule has 1 N–H and O–H groups in total. The molecular weight excluding hydrogens is 244 g/mol. The van der Waals surface area contributed by atoms with E-state index in [0.29, 0.717) is 24.2 Å². The molecule has 0 heterocycles. The van der Waals surface area contributed by atoms with Crippen molar-refractivity contribution in [3.8, 4) is 17.6 Å². The predicted molar refractivity (Wildman–Crippen MR) is 67.6 cm³/mol. The SMILES string of the molecule is COc1cc(O)c(C#N)cc1C1(N=C=O)CCCC1. The average molecular weight is 258 g/mol. The molecule has 1 fully saturated rings. The lowest BCUT2D eigenvalue weighted by Gasteiger charge is -2.25. The number of hydrogen-bond acceptors (Lipinski definition) is 5. The zero-order valence-electron chi connectivity index (χ0n) is 10.6. The zero-order valence-corrected chi connectivity index (χ0v) is 10.6. The topological polar surface area (TPSA) is 82.7 Å². The van der Waals surface area contributed by atoms with Crippen molar-refractivity contribution in [1.82, 2.24) is 0 Å². The van der Waals surface area contributed by atoms with Crippen molar-refractivity contribution >= 4 is 6.08 Å². The number of hydrogen-bond donors (Lipinski definition) is 1. The van der Waals surface area contributed by atoms with Gasteiger partial charge >= 0.3 is 0 Å². The number of nitriles is 1. The lowest BCUT2D eigenvalue weighted by Crippen LogP contribution is -2.20. The van der Waals surface area contributed by atoms with Gasteiger partial charge in [-0.25, -0.2) is 4.79 Å². The first-order valence-corrected chi connectivity index (χ1v) is 6.07. The van der Waals surface area contributed by atoms with Gasteiger partial charge < -0.3 is 9.84 Å². The van der Waals surface area contributed by atoms with Gasteiger partial charge in [-0.05, 0) is 18.9 Å². The highest BCUT2D eigenvalue weighted by Gasteiger charge is 2.38. The number of carbonyl (C=O) groups excluding carboxylic acids is 1. The van der Waals surface area contributed by atoms with Gasteiger partial charge in [-0.15, -0.1) is 0 Å². The smallest absolute Gasteiger partial charge is 0.235 e. The Labute approximate surface area is 111 Å². The molecule has 19 heavy (non-hydrogen) atoms. The van der Waals surface area contributed by atoms with Crippen LogP contribution in [-0.2, 0) is 10.3 Å². The Hall–Kier alpha value is -2.31. The minimum Gasteiger partial charge on any atom is -0.506 e. The second-order valence-corrected chi connectivity index (χ2v) is 4.62. The van der Waals surface area contributed by atoms with E-state index in [-0.39, 0.29) is 11.3 Å². The van der Waals surface area contributed by atoms with Crippen LogP contribution in [0.2, 0.25) is 0 Å². The lowest BCUT2D eigenvalue weighted by molar-refractivity contribution is 0.374. The number of methoxy groups -OCH3 is 1. The fraction of sp³-hybridized carbons (Fsp3) is 0.429. The molecule has 1 aliphatic carbocycles. The van der Waals surface area contributed by atoms with Crippen LogP contribution in [0, 0.1) is 11.3 Å².